The first kappa shape index (κ1) is 19.4. The van der Waals surface area contributed by atoms with Crippen LogP contribution in [-0.2, 0) is 14.8 Å². The summed E-state index contributed by atoms with van der Waals surface area (Å²) in [6, 6.07) is 5.90. The zero-order chi connectivity index (χ0) is 18.4. The van der Waals surface area contributed by atoms with E-state index in [1.165, 1.54) is 28.6 Å². The number of carbonyl (C=O) groups is 2. The van der Waals surface area contributed by atoms with Crippen LogP contribution >= 0.6 is 0 Å². The van der Waals surface area contributed by atoms with Gasteiger partial charge in [-0.2, -0.15) is 4.31 Å². The van der Waals surface area contributed by atoms with Crippen molar-refractivity contribution in [2.75, 3.05) is 32.7 Å². The van der Waals surface area contributed by atoms with Crippen LogP contribution in [0.25, 0.3) is 0 Å². The van der Waals surface area contributed by atoms with Crippen molar-refractivity contribution < 1.29 is 18.0 Å². The second-order valence-electron chi connectivity index (χ2n) is 5.89. The molecular formula is C17H25N3O4S. The summed E-state index contributed by atoms with van der Waals surface area (Å²) in [7, 11) is -3.62. The molecule has 0 atom stereocenters. The van der Waals surface area contributed by atoms with Crippen molar-refractivity contribution in [1.29, 1.82) is 0 Å². The monoisotopic (exact) mass is 367 g/mol. The number of benzene rings is 1. The number of rotatable bonds is 7. The second-order valence-corrected chi connectivity index (χ2v) is 7.83. The van der Waals surface area contributed by atoms with Crippen LogP contribution in [0.15, 0.2) is 29.2 Å². The summed E-state index contributed by atoms with van der Waals surface area (Å²) >= 11 is 0. The molecular weight excluding hydrogens is 342 g/mol. The third-order valence-corrected chi connectivity index (χ3v) is 6.34. The molecule has 0 saturated carbocycles. The fourth-order valence-corrected chi connectivity index (χ4v) is 4.35. The number of amides is 2. The standard InChI is InChI=1S/C17H25N3O4S/c1-3-20(4-2)25(23,24)15-9-7-8-14(12-15)17(22)18-13-16(21)19-10-5-6-11-19/h7-9,12H,3-6,10-11,13H2,1-2H3,(H,18,22). The van der Waals surface area contributed by atoms with Gasteiger partial charge in [0.2, 0.25) is 15.9 Å². The molecule has 2 rings (SSSR count). The lowest BCUT2D eigenvalue weighted by molar-refractivity contribution is -0.129. The van der Waals surface area contributed by atoms with Crippen LogP contribution in [0.5, 0.6) is 0 Å². The zero-order valence-corrected chi connectivity index (χ0v) is 15.5. The highest BCUT2D eigenvalue weighted by Crippen LogP contribution is 2.17. The highest BCUT2D eigenvalue weighted by Gasteiger charge is 2.23. The van der Waals surface area contributed by atoms with E-state index in [9.17, 15) is 18.0 Å². The molecule has 1 fully saturated rings. The minimum absolute atomic E-state index is 0.0775. The van der Waals surface area contributed by atoms with Gasteiger partial charge >= 0.3 is 0 Å². The number of nitrogens with one attached hydrogen (secondary N) is 1. The molecule has 0 aromatic heterocycles. The van der Waals surface area contributed by atoms with Crippen LogP contribution in [-0.4, -0.2) is 62.2 Å². The summed E-state index contributed by atoms with van der Waals surface area (Å²) in [5.41, 5.74) is 0.224. The molecule has 0 bridgehead atoms. The van der Waals surface area contributed by atoms with E-state index in [-0.39, 0.29) is 22.9 Å². The Morgan fingerprint density at radius 2 is 1.80 bits per heavy atom. The van der Waals surface area contributed by atoms with Gasteiger partial charge < -0.3 is 10.2 Å². The Labute approximate surface area is 149 Å². The largest absolute Gasteiger partial charge is 0.343 e. The molecule has 0 spiro atoms. The van der Waals surface area contributed by atoms with Gasteiger partial charge in [-0.05, 0) is 31.0 Å². The van der Waals surface area contributed by atoms with Gasteiger partial charge in [0, 0.05) is 31.7 Å². The average molecular weight is 367 g/mol. The minimum atomic E-state index is -3.62. The summed E-state index contributed by atoms with van der Waals surface area (Å²) in [4.78, 5) is 26.0. The molecule has 1 aromatic rings. The van der Waals surface area contributed by atoms with Crippen LogP contribution in [0, 0.1) is 0 Å². The average Bonchev–Trinajstić information content (AvgIpc) is 3.15. The fraction of sp³-hybridized carbons (Fsp3) is 0.529. The molecule has 8 heteroatoms. The second kappa shape index (κ2) is 8.44. The summed E-state index contributed by atoms with van der Waals surface area (Å²) < 4.78 is 26.4. The number of hydrogen-bond donors (Lipinski definition) is 1. The van der Waals surface area contributed by atoms with Crippen LogP contribution in [0.2, 0.25) is 0 Å². The van der Waals surface area contributed by atoms with Gasteiger partial charge in [0.05, 0.1) is 11.4 Å². The SMILES string of the molecule is CCN(CC)S(=O)(=O)c1cccc(C(=O)NCC(=O)N2CCCC2)c1. The van der Waals surface area contributed by atoms with Crippen LogP contribution in [0.1, 0.15) is 37.0 Å². The molecule has 138 valence electrons. The summed E-state index contributed by atoms with van der Waals surface area (Å²) in [5.74, 6) is -0.568. The van der Waals surface area contributed by atoms with Gasteiger partial charge in [-0.25, -0.2) is 8.42 Å². The van der Waals surface area contributed by atoms with E-state index >= 15 is 0 Å². The highest BCUT2D eigenvalue weighted by atomic mass is 32.2. The molecule has 1 aliphatic heterocycles. The highest BCUT2D eigenvalue weighted by molar-refractivity contribution is 7.89. The van der Waals surface area contributed by atoms with Crippen molar-refractivity contribution in [2.24, 2.45) is 0 Å². The summed E-state index contributed by atoms with van der Waals surface area (Å²) in [5, 5.41) is 2.57. The Kier molecular flexibility index (Phi) is 6.55. The van der Waals surface area contributed by atoms with Crippen molar-refractivity contribution in [3.63, 3.8) is 0 Å². The molecule has 25 heavy (non-hydrogen) atoms. The lowest BCUT2D eigenvalue weighted by Gasteiger charge is -2.19. The van der Waals surface area contributed by atoms with Crippen molar-refractivity contribution in [1.82, 2.24) is 14.5 Å². The van der Waals surface area contributed by atoms with E-state index in [1.807, 2.05) is 0 Å². The Bertz CT molecular complexity index is 723. The first-order valence-corrected chi connectivity index (χ1v) is 10.00. The van der Waals surface area contributed by atoms with Gasteiger partial charge in [0.1, 0.15) is 0 Å². The first-order chi connectivity index (χ1) is 11.9. The predicted molar refractivity (Wildman–Crippen MR) is 94.7 cm³/mol. The summed E-state index contributed by atoms with van der Waals surface area (Å²) in [6.07, 6.45) is 1.98. The minimum Gasteiger partial charge on any atom is -0.343 e. The molecule has 1 aromatic carbocycles. The van der Waals surface area contributed by atoms with Crippen molar-refractivity contribution in [2.45, 2.75) is 31.6 Å². The van der Waals surface area contributed by atoms with Crippen LogP contribution in [0.4, 0.5) is 0 Å². The third-order valence-electron chi connectivity index (χ3n) is 4.30. The maximum Gasteiger partial charge on any atom is 0.251 e. The van der Waals surface area contributed by atoms with E-state index in [0.717, 1.165) is 25.9 Å². The van der Waals surface area contributed by atoms with E-state index in [1.54, 1.807) is 18.7 Å². The number of hydrogen-bond acceptors (Lipinski definition) is 4. The van der Waals surface area contributed by atoms with E-state index in [4.69, 9.17) is 0 Å². The molecule has 1 aliphatic rings. The Morgan fingerprint density at radius 3 is 2.40 bits per heavy atom. The van der Waals surface area contributed by atoms with Gasteiger partial charge in [-0.1, -0.05) is 19.9 Å². The van der Waals surface area contributed by atoms with Crippen molar-refractivity contribution in [3.05, 3.63) is 29.8 Å². The Balaban J connectivity index is 2.07. The predicted octanol–water partition coefficient (Wildman–Crippen LogP) is 1.07. The molecule has 1 heterocycles. The molecule has 0 unspecified atom stereocenters. The molecule has 0 radical (unpaired) electrons. The van der Waals surface area contributed by atoms with Gasteiger partial charge in [-0.3, -0.25) is 9.59 Å². The number of nitrogens with zero attached hydrogens (tertiary/aromatic N) is 2. The molecule has 7 nitrogen and oxygen atoms in total. The van der Waals surface area contributed by atoms with E-state index in [2.05, 4.69) is 5.32 Å². The normalized spacial score (nSPS) is 14.8. The van der Waals surface area contributed by atoms with E-state index in [0.29, 0.717) is 13.1 Å². The van der Waals surface area contributed by atoms with Crippen LogP contribution in [0.3, 0.4) is 0 Å². The number of carbonyl (C=O) groups excluding carboxylic acids is 2. The van der Waals surface area contributed by atoms with Crippen LogP contribution < -0.4 is 5.32 Å². The van der Waals surface area contributed by atoms with Gasteiger partial charge in [0.25, 0.3) is 5.91 Å². The molecule has 1 saturated heterocycles. The number of likely N-dealkylation sites (tertiary alicyclic amines) is 1. The third kappa shape index (κ3) is 4.58. The molecule has 0 aliphatic carbocycles. The summed E-state index contributed by atoms with van der Waals surface area (Å²) in [6.45, 7) is 5.63. The molecule has 2 amide bonds. The Hall–Kier alpha value is -1.93. The molecule has 1 N–H and O–H groups in total. The van der Waals surface area contributed by atoms with Crippen molar-refractivity contribution in [3.8, 4) is 0 Å². The smallest absolute Gasteiger partial charge is 0.251 e. The quantitative estimate of drug-likeness (QED) is 0.781. The van der Waals surface area contributed by atoms with Crippen molar-refractivity contribution >= 4 is 21.8 Å². The van der Waals surface area contributed by atoms with Gasteiger partial charge in [0.15, 0.2) is 0 Å². The van der Waals surface area contributed by atoms with Gasteiger partial charge in [-0.15, -0.1) is 0 Å². The lowest BCUT2D eigenvalue weighted by Crippen LogP contribution is -2.38. The maximum absolute atomic E-state index is 12.5. The maximum atomic E-state index is 12.5. The topological polar surface area (TPSA) is 86.8 Å². The Morgan fingerprint density at radius 1 is 1.16 bits per heavy atom. The van der Waals surface area contributed by atoms with E-state index < -0.39 is 15.9 Å². The number of sulfonamides is 1. The lowest BCUT2D eigenvalue weighted by atomic mass is 10.2. The first-order valence-electron chi connectivity index (χ1n) is 8.56. The zero-order valence-electron chi connectivity index (χ0n) is 14.7. The fourth-order valence-electron chi connectivity index (χ4n) is 2.85.